The predicted molar refractivity (Wildman–Crippen MR) is 137 cm³/mol. The van der Waals surface area contributed by atoms with Gasteiger partial charge in [-0.25, -0.2) is 22.7 Å². The molecule has 1 aliphatic carbocycles. The van der Waals surface area contributed by atoms with Crippen molar-refractivity contribution in [1.82, 2.24) is 28.8 Å². The van der Waals surface area contributed by atoms with Gasteiger partial charge in [0.25, 0.3) is 5.56 Å². The molecule has 5 rings (SSSR count). The van der Waals surface area contributed by atoms with E-state index in [2.05, 4.69) is 9.97 Å². The molecule has 1 N–H and O–H groups in total. The third kappa shape index (κ3) is 4.68. The molecular formula is C25H30N6O5S. The lowest BCUT2D eigenvalue weighted by molar-refractivity contribution is 0.245. The molecule has 0 radical (unpaired) electrons. The van der Waals surface area contributed by atoms with Gasteiger partial charge in [0.2, 0.25) is 10.0 Å². The number of imidazole rings is 1. The maximum absolute atomic E-state index is 13.5. The van der Waals surface area contributed by atoms with Gasteiger partial charge in [-0.3, -0.25) is 4.79 Å². The molecular weight excluding hydrogens is 496 g/mol. The van der Waals surface area contributed by atoms with E-state index in [0.717, 1.165) is 31.5 Å². The maximum atomic E-state index is 13.5. The number of aromatic nitrogens is 4. The molecule has 0 bridgehead atoms. The molecule has 37 heavy (non-hydrogen) atoms. The number of rotatable bonds is 7. The number of piperazine rings is 1. The molecule has 196 valence electrons. The summed E-state index contributed by atoms with van der Waals surface area (Å²) in [7, 11) is -3.83. The zero-order valence-electron chi connectivity index (χ0n) is 20.9. The van der Waals surface area contributed by atoms with E-state index in [0.29, 0.717) is 42.2 Å². The second-order valence-corrected chi connectivity index (χ2v) is 11.3. The summed E-state index contributed by atoms with van der Waals surface area (Å²) in [5.74, 6) is 3.37. The largest absolute Gasteiger partial charge is 0.493 e. The number of aryl methyl sites for hydroxylation is 1. The molecule has 0 amide bonds. The highest BCUT2D eigenvalue weighted by Gasteiger charge is 2.30. The number of nitrogens with zero attached hydrogens (tertiary/aromatic N) is 5. The molecule has 1 saturated heterocycles. The Hall–Kier alpha value is -3.47. The van der Waals surface area contributed by atoms with Crippen LogP contribution in [0.3, 0.4) is 0 Å². The molecule has 1 aromatic carbocycles. The Kier molecular flexibility index (Phi) is 6.89. The third-order valence-electron chi connectivity index (χ3n) is 7.07. The molecule has 2 aliphatic rings. The Bertz CT molecular complexity index is 1520. The lowest BCUT2D eigenvalue weighted by Gasteiger charge is -2.32. The minimum atomic E-state index is -3.83. The molecule has 3 aromatic rings. The van der Waals surface area contributed by atoms with Crippen molar-refractivity contribution < 1.29 is 17.9 Å². The number of ether oxygens (including phenoxy) is 1. The number of nitrogens with one attached hydrogen (secondary N) is 1. The highest BCUT2D eigenvalue weighted by atomic mass is 32.2. The molecule has 12 heteroatoms. The van der Waals surface area contributed by atoms with Crippen LogP contribution in [0.5, 0.6) is 5.75 Å². The molecule has 1 saturated carbocycles. The summed E-state index contributed by atoms with van der Waals surface area (Å²) in [6, 6.07) is 4.60. The summed E-state index contributed by atoms with van der Waals surface area (Å²) in [6.07, 6.45) is 5.52. The summed E-state index contributed by atoms with van der Waals surface area (Å²) in [6.45, 7) is 5.26. The highest BCUT2D eigenvalue weighted by Crippen LogP contribution is 2.35. The van der Waals surface area contributed by atoms with Gasteiger partial charge in [0, 0.05) is 32.1 Å². The normalized spacial score (nSPS) is 17.3. The number of H-pyrrole nitrogens is 1. The Labute approximate surface area is 214 Å². The average Bonchev–Trinajstić information content (AvgIpc) is 3.53. The van der Waals surface area contributed by atoms with Gasteiger partial charge in [-0.15, -0.1) is 5.10 Å². The smallest absolute Gasteiger partial charge is 0.277 e. The SMILES string of the molecule is CCOc1ccc(S(=O)(=O)N2CCN(C=C=O)CC2)cc1-c1nn2c(C3CCCC3)nc(C)c2c(=O)[nH]1. The second kappa shape index (κ2) is 10.1. The Morgan fingerprint density at radius 1 is 1.19 bits per heavy atom. The van der Waals surface area contributed by atoms with Crippen molar-refractivity contribution in [3.63, 3.8) is 0 Å². The first-order chi connectivity index (χ1) is 17.8. The van der Waals surface area contributed by atoms with Crippen molar-refractivity contribution in [2.75, 3.05) is 32.8 Å². The van der Waals surface area contributed by atoms with E-state index in [1.165, 1.54) is 22.6 Å². The quantitative estimate of drug-likeness (QED) is 0.463. The van der Waals surface area contributed by atoms with Crippen LogP contribution in [0.2, 0.25) is 0 Å². The van der Waals surface area contributed by atoms with E-state index in [9.17, 15) is 18.0 Å². The monoisotopic (exact) mass is 526 g/mol. The molecule has 3 heterocycles. The van der Waals surface area contributed by atoms with Crippen LogP contribution in [0, 0.1) is 6.92 Å². The van der Waals surface area contributed by atoms with Gasteiger partial charge < -0.3 is 14.6 Å². The lowest BCUT2D eigenvalue weighted by Crippen LogP contribution is -2.46. The van der Waals surface area contributed by atoms with Crippen LogP contribution in [0.15, 0.2) is 34.1 Å². The van der Waals surface area contributed by atoms with Gasteiger partial charge in [0.1, 0.15) is 17.5 Å². The van der Waals surface area contributed by atoms with Crippen molar-refractivity contribution >= 4 is 21.5 Å². The number of hydrogen-bond acceptors (Lipinski definition) is 8. The Morgan fingerprint density at radius 2 is 1.92 bits per heavy atom. The van der Waals surface area contributed by atoms with E-state index in [-0.39, 0.29) is 35.3 Å². The fourth-order valence-corrected chi connectivity index (χ4v) is 6.64. The second-order valence-electron chi connectivity index (χ2n) is 9.38. The van der Waals surface area contributed by atoms with Crippen molar-refractivity contribution in [2.45, 2.75) is 50.3 Å². The van der Waals surface area contributed by atoms with Crippen LogP contribution in [0.1, 0.15) is 50.0 Å². The average molecular weight is 527 g/mol. The fourth-order valence-electron chi connectivity index (χ4n) is 5.20. The summed E-state index contributed by atoms with van der Waals surface area (Å²) in [4.78, 5) is 33.1. The highest BCUT2D eigenvalue weighted by molar-refractivity contribution is 7.89. The number of benzene rings is 1. The van der Waals surface area contributed by atoms with E-state index in [4.69, 9.17) is 9.84 Å². The topological polar surface area (TPSA) is 130 Å². The number of carbonyl (C=O) groups excluding carboxylic acids is 1. The minimum absolute atomic E-state index is 0.0749. The molecule has 0 atom stereocenters. The van der Waals surface area contributed by atoms with Crippen molar-refractivity contribution in [3.8, 4) is 17.1 Å². The number of aromatic amines is 1. The summed E-state index contributed by atoms with van der Waals surface area (Å²) >= 11 is 0. The number of hydrogen-bond donors (Lipinski definition) is 1. The van der Waals surface area contributed by atoms with Crippen LogP contribution in [-0.2, 0) is 14.8 Å². The van der Waals surface area contributed by atoms with Gasteiger partial charge in [-0.1, -0.05) is 12.8 Å². The minimum Gasteiger partial charge on any atom is -0.493 e. The Balaban J connectivity index is 1.58. The Morgan fingerprint density at radius 3 is 2.59 bits per heavy atom. The molecule has 1 aliphatic heterocycles. The third-order valence-corrected chi connectivity index (χ3v) is 8.97. The first kappa shape index (κ1) is 25.2. The van der Waals surface area contributed by atoms with Gasteiger partial charge in [-0.2, -0.15) is 4.31 Å². The first-order valence-corrected chi connectivity index (χ1v) is 14.0. The number of fused-ring (bicyclic) bond motifs is 1. The fraction of sp³-hybridized carbons (Fsp3) is 0.480. The summed E-state index contributed by atoms with van der Waals surface area (Å²) in [5, 5.41) is 4.74. The van der Waals surface area contributed by atoms with Crippen LogP contribution < -0.4 is 10.3 Å². The zero-order chi connectivity index (χ0) is 26.2. The van der Waals surface area contributed by atoms with Crippen LogP contribution in [-0.4, -0.2) is 75.9 Å². The number of sulfonamides is 1. The van der Waals surface area contributed by atoms with Gasteiger partial charge in [-0.05, 0) is 44.9 Å². The molecule has 0 unspecified atom stereocenters. The van der Waals surface area contributed by atoms with Crippen LogP contribution >= 0.6 is 0 Å². The van der Waals surface area contributed by atoms with Crippen LogP contribution in [0.25, 0.3) is 16.9 Å². The van der Waals surface area contributed by atoms with E-state index >= 15 is 0 Å². The van der Waals surface area contributed by atoms with Crippen molar-refractivity contribution in [1.29, 1.82) is 0 Å². The van der Waals surface area contributed by atoms with E-state index < -0.39 is 10.0 Å². The maximum Gasteiger partial charge on any atom is 0.277 e. The first-order valence-electron chi connectivity index (χ1n) is 12.6. The summed E-state index contributed by atoms with van der Waals surface area (Å²) in [5.41, 5.74) is 1.06. The van der Waals surface area contributed by atoms with Gasteiger partial charge in [0.05, 0.1) is 29.0 Å². The lowest BCUT2D eigenvalue weighted by atomic mass is 10.1. The van der Waals surface area contributed by atoms with Gasteiger partial charge >= 0.3 is 0 Å². The summed E-state index contributed by atoms with van der Waals surface area (Å²) < 4.78 is 35.8. The van der Waals surface area contributed by atoms with E-state index in [1.807, 2.05) is 6.92 Å². The predicted octanol–water partition coefficient (Wildman–Crippen LogP) is 2.10. The standard InChI is InChI=1S/C25H30N6O5S/c1-3-36-21-9-8-19(37(34,35)30-12-10-29(11-13-30)14-15-32)16-20(21)23-27-25(33)22-17(2)26-24(31(22)28-23)18-6-4-5-7-18/h8-9,14,16,18H,3-7,10-13H2,1-2H3,(H,27,28,33). The molecule has 11 nitrogen and oxygen atoms in total. The van der Waals surface area contributed by atoms with Crippen LogP contribution in [0.4, 0.5) is 0 Å². The van der Waals surface area contributed by atoms with Crippen molar-refractivity contribution in [2.24, 2.45) is 0 Å². The molecule has 2 fully saturated rings. The van der Waals surface area contributed by atoms with Crippen molar-refractivity contribution in [3.05, 3.63) is 46.3 Å². The van der Waals surface area contributed by atoms with Gasteiger partial charge in [0.15, 0.2) is 11.3 Å². The molecule has 2 aromatic heterocycles. The zero-order valence-corrected chi connectivity index (χ0v) is 21.8. The molecule has 0 spiro atoms. The van der Waals surface area contributed by atoms with E-state index in [1.54, 1.807) is 28.3 Å².